The van der Waals surface area contributed by atoms with E-state index < -0.39 is 17.5 Å². The van der Waals surface area contributed by atoms with Crippen LogP contribution in [0.5, 0.6) is 0 Å². The molecule has 4 rings (SSSR count). The number of rotatable bonds is 3. The molecule has 2 aliphatic heterocycles. The first kappa shape index (κ1) is 21.0. The molecule has 11 heteroatoms. The summed E-state index contributed by atoms with van der Waals surface area (Å²) in [6, 6.07) is 10.2. The molecule has 0 fully saturated rings. The summed E-state index contributed by atoms with van der Waals surface area (Å²) in [6.07, 6.45) is -3.16. The predicted octanol–water partition coefficient (Wildman–Crippen LogP) is 4.85. The van der Waals surface area contributed by atoms with Crippen LogP contribution < -0.4 is 16.0 Å². The number of benzene rings is 2. The second kappa shape index (κ2) is 8.09. The van der Waals surface area contributed by atoms with E-state index in [2.05, 4.69) is 16.0 Å². The van der Waals surface area contributed by atoms with Gasteiger partial charge in [-0.3, -0.25) is 9.59 Å². The number of anilines is 1. The molecule has 0 aromatic heterocycles. The summed E-state index contributed by atoms with van der Waals surface area (Å²) in [5.41, 5.74) is 1.06. The fraction of sp³-hybridized carbons (Fsp3) is 0.158. The summed E-state index contributed by atoms with van der Waals surface area (Å²) >= 11 is 8.23. The summed E-state index contributed by atoms with van der Waals surface area (Å²) in [5, 5.41) is 6.01. The van der Waals surface area contributed by atoms with E-state index >= 15 is 0 Å². The first-order valence-electron chi connectivity index (χ1n) is 8.61. The fourth-order valence-corrected chi connectivity index (χ4v) is 5.10. The minimum atomic E-state index is -4.39. The van der Waals surface area contributed by atoms with Gasteiger partial charge in [-0.05, 0) is 24.3 Å². The molecule has 1 unspecified atom stereocenters. The van der Waals surface area contributed by atoms with Crippen LogP contribution in [-0.2, 0) is 0 Å². The molecule has 2 amide bonds. The summed E-state index contributed by atoms with van der Waals surface area (Å²) in [5.74, 6) is -0.858. The van der Waals surface area contributed by atoms with Crippen LogP contribution in [0.3, 0.4) is 0 Å². The monoisotopic (exact) mass is 471 g/mol. The number of amides is 2. The minimum Gasteiger partial charge on any atom is -0.371 e. The lowest BCUT2D eigenvalue weighted by Gasteiger charge is -2.15. The van der Waals surface area contributed by atoms with E-state index in [1.54, 1.807) is 18.2 Å². The van der Waals surface area contributed by atoms with Gasteiger partial charge in [0.15, 0.2) is 5.37 Å². The molecule has 2 aromatic rings. The van der Waals surface area contributed by atoms with Crippen molar-refractivity contribution in [3.05, 3.63) is 63.7 Å². The Morgan fingerprint density at radius 2 is 1.97 bits per heavy atom. The molecule has 156 valence electrons. The molecular formula is C19H13ClF3N3O2S2. The van der Waals surface area contributed by atoms with Crippen molar-refractivity contribution in [2.24, 2.45) is 0 Å². The molecule has 2 aliphatic rings. The van der Waals surface area contributed by atoms with Gasteiger partial charge in [0.05, 0.1) is 28.4 Å². The fourth-order valence-electron chi connectivity index (χ4n) is 2.87. The summed E-state index contributed by atoms with van der Waals surface area (Å²) < 4.78 is 38.1. The second-order valence-corrected chi connectivity index (χ2v) is 9.10. The van der Waals surface area contributed by atoms with Crippen molar-refractivity contribution < 1.29 is 22.8 Å². The van der Waals surface area contributed by atoms with E-state index in [0.29, 0.717) is 32.8 Å². The lowest BCUT2D eigenvalue weighted by Crippen LogP contribution is -2.33. The number of hydrogen-bond donors (Lipinski definition) is 3. The zero-order valence-corrected chi connectivity index (χ0v) is 17.4. The van der Waals surface area contributed by atoms with Crippen molar-refractivity contribution in [3.8, 4) is 0 Å². The number of halogens is 4. The Balaban J connectivity index is 1.49. The van der Waals surface area contributed by atoms with E-state index in [1.807, 2.05) is 12.1 Å². The number of carbonyl (C=O) groups excluding carboxylic acids is 2. The third-order valence-corrected chi connectivity index (χ3v) is 6.95. The minimum absolute atomic E-state index is 0.0803. The Bertz CT molecular complexity index is 1080. The maximum atomic E-state index is 12.7. The Morgan fingerprint density at radius 1 is 1.20 bits per heavy atom. The van der Waals surface area contributed by atoms with Gasteiger partial charge in [0.25, 0.3) is 11.8 Å². The SMILES string of the molecule is O=C(NCC1=CNC(C(F)(F)F)S1)c1cc2c(cc1Cl)Sc1ccccc1C(=O)N2. The van der Waals surface area contributed by atoms with Crippen LogP contribution in [0.2, 0.25) is 5.02 Å². The Kier molecular flexibility index (Phi) is 5.65. The highest BCUT2D eigenvalue weighted by atomic mass is 35.5. The highest BCUT2D eigenvalue weighted by Gasteiger charge is 2.42. The van der Waals surface area contributed by atoms with Gasteiger partial charge in [-0.25, -0.2) is 0 Å². The van der Waals surface area contributed by atoms with Crippen molar-refractivity contribution in [2.75, 3.05) is 11.9 Å². The molecule has 3 N–H and O–H groups in total. The maximum absolute atomic E-state index is 12.7. The average Bonchev–Trinajstić information content (AvgIpc) is 3.13. The van der Waals surface area contributed by atoms with Crippen molar-refractivity contribution in [1.29, 1.82) is 0 Å². The third-order valence-electron chi connectivity index (χ3n) is 4.30. The van der Waals surface area contributed by atoms with Gasteiger partial charge in [0.1, 0.15) is 0 Å². The molecule has 1 atom stereocenters. The smallest absolute Gasteiger partial charge is 0.371 e. The third kappa shape index (κ3) is 4.26. The average molecular weight is 472 g/mol. The predicted molar refractivity (Wildman–Crippen MR) is 111 cm³/mol. The molecule has 0 spiro atoms. The zero-order valence-electron chi connectivity index (χ0n) is 15.0. The van der Waals surface area contributed by atoms with Gasteiger partial charge in [0.2, 0.25) is 0 Å². The lowest BCUT2D eigenvalue weighted by atomic mass is 10.1. The summed E-state index contributed by atoms with van der Waals surface area (Å²) in [4.78, 5) is 26.8. The van der Waals surface area contributed by atoms with Crippen molar-refractivity contribution in [1.82, 2.24) is 10.6 Å². The second-order valence-electron chi connectivity index (χ2n) is 6.38. The number of alkyl halides is 3. The normalized spacial score (nSPS) is 17.8. The van der Waals surface area contributed by atoms with Crippen molar-refractivity contribution in [2.45, 2.75) is 21.3 Å². The topological polar surface area (TPSA) is 70.2 Å². The van der Waals surface area contributed by atoms with Crippen LogP contribution in [0.4, 0.5) is 18.9 Å². The lowest BCUT2D eigenvalue weighted by molar-refractivity contribution is -0.131. The molecule has 30 heavy (non-hydrogen) atoms. The molecule has 0 aliphatic carbocycles. The Labute approximate surface area is 182 Å². The number of thioether (sulfide) groups is 1. The van der Waals surface area contributed by atoms with Gasteiger partial charge >= 0.3 is 6.18 Å². The van der Waals surface area contributed by atoms with Crippen LogP contribution in [0.25, 0.3) is 0 Å². The van der Waals surface area contributed by atoms with Crippen LogP contribution in [0, 0.1) is 0 Å². The van der Waals surface area contributed by atoms with Gasteiger partial charge < -0.3 is 16.0 Å². The first-order valence-corrected chi connectivity index (χ1v) is 10.7. The van der Waals surface area contributed by atoms with Crippen LogP contribution >= 0.6 is 35.1 Å². The van der Waals surface area contributed by atoms with Crippen molar-refractivity contribution >= 4 is 52.6 Å². The first-order chi connectivity index (χ1) is 14.2. The van der Waals surface area contributed by atoms with Crippen LogP contribution in [-0.4, -0.2) is 29.9 Å². The highest BCUT2D eigenvalue weighted by Crippen LogP contribution is 2.41. The Hall–Kier alpha value is -2.30. The Morgan fingerprint density at radius 3 is 2.70 bits per heavy atom. The molecule has 2 aromatic carbocycles. The maximum Gasteiger partial charge on any atom is 0.418 e. The van der Waals surface area contributed by atoms with E-state index in [1.165, 1.54) is 24.0 Å². The number of carbonyl (C=O) groups is 2. The molecule has 0 radical (unpaired) electrons. The summed E-state index contributed by atoms with van der Waals surface area (Å²) in [6.45, 7) is -0.0803. The van der Waals surface area contributed by atoms with Crippen LogP contribution in [0.15, 0.2) is 57.3 Å². The van der Waals surface area contributed by atoms with E-state index in [4.69, 9.17) is 11.6 Å². The standard InChI is InChI=1S/C19H13ClF3N3O2S2/c20-12-6-15-13(26-17(28)10-3-1-2-4-14(10)30-15)5-11(12)16(27)24-7-9-8-25-18(29-9)19(21,22)23/h1-6,8,18,25H,7H2,(H,24,27)(H,26,28). The van der Waals surface area contributed by atoms with Crippen molar-refractivity contribution in [3.63, 3.8) is 0 Å². The number of nitrogens with one attached hydrogen (secondary N) is 3. The number of fused-ring (bicyclic) bond motifs is 2. The molecule has 2 heterocycles. The van der Waals surface area contributed by atoms with E-state index in [9.17, 15) is 22.8 Å². The summed E-state index contributed by atoms with van der Waals surface area (Å²) in [7, 11) is 0. The van der Waals surface area contributed by atoms with Crippen LogP contribution in [0.1, 0.15) is 20.7 Å². The molecular weight excluding hydrogens is 459 g/mol. The molecule has 0 saturated carbocycles. The zero-order chi connectivity index (χ0) is 21.5. The molecule has 5 nitrogen and oxygen atoms in total. The molecule has 0 bridgehead atoms. The van der Waals surface area contributed by atoms with Gasteiger partial charge in [0, 0.05) is 20.9 Å². The highest BCUT2D eigenvalue weighted by molar-refractivity contribution is 8.04. The quantitative estimate of drug-likeness (QED) is 0.597. The van der Waals surface area contributed by atoms with E-state index in [-0.39, 0.29) is 23.0 Å². The number of hydrogen-bond acceptors (Lipinski definition) is 5. The van der Waals surface area contributed by atoms with Gasteiger partial charge in [-0.15, -0.1) is 0 Å². The van der Waals surface area contributed by atoms with Gasteiger partial charge in [-0.1, -0.05) is 47.3 Å². The molecule has 0 saturated heterocycles. The largest absolute Gasteiger partial charge is 0.418 e. The van der Waals surface area contributed by atoms with E-state index in [0.717, 1.165) is 4.90 Å². The van der Waals surface area contributed by atoms with Gasteiger partial charge in [-0.2, -0.15) is 13.2 Å².